The van der Waals surface area contributed by atoms with E-state index < -0.39 is 42.1 Å². The highest BCUT2D eigenvalue weighted by Gasteiger charge is 2.18. The number of benzene rings is 3. The van der Waals surface area contributed by atoms with Crippen molar-refractivity contribution in [2.75, 3.05) is 5.43 Å². The topological polar surface area (TPSA) is 66.2 Å². The molecule has 0 unspecified atom stereocenters. The first-order valence-corrected chi connectivity index (χ1v) is 8.86. The summed E-state index contributed by atoms with van der Waals surface area (Å²) in [7, 11) is 0. The number of hydrazone groups is 1. The number of hydrogen-bond acceptors (Lipinski definition) is 5. The van der Waals surface area contributed by atoms with Gasteiger partial charge in [-0.05, 0) is 60.9 Å². The number of ketones is 1. The zero-order valence-corrected chi connectivity index (χ0v) is 15.8. The summed E-state index contributed by atoms with van der Waals surface area (Å²) in [5.41, 5.74) is 5.60. The lowest BCUT2D eigenvalue weighted by molar-refractivity contribution is -0.108. The van der Waals surface area contributed by atoms with Crippen LogP contribution < -0.4 is 5.43 Å². The van der Waals surface area contributed by atoms with Crippen molar-refractivity contribution in [3.8, 4) is 0 Å². The van der Waals surface area contributed by atoms with Crippen LogP contribution in [0.1, 0.15) is 30.5 Å². The van der Waals surface area contributed by atoms with Gasteiger partial charge in [0.05, 0.1) is 25.3 Å². The molecule has 0 saturated heterocycles. The summed E-state index contributed by atoms with van der Waals surface area (Å²) in [5.74, 6) is -0.902. The zero-order valence-electron chi connectivity index (χ0n) is 21.8. The second-order valence-electron chi connectivity index (χ2n) is 6.39. The summed E-state index contributed by atoms with van der Waals surface area (Å²) >= 11 is 0. The molecular weight excluding hydrogens is 360 g/mol. The number of aryl methyl sites for hydroxylation is 2. The summed E-state index contributed by atoms with van der Waals surface area (Å²) in [6.45, 7) is 3.74. The van der Waals surface area contributed by atoms with E-state index in [1.54, 1.807) is 25.1 Å². The van der Waals surface area contributed by atoms with Crippen LogP contribution in [0.2, 0.25) is 0 Å². The molecule has 142 valence electrons. The van der Waals surface area contributed by atoms with E-state index in [2.05, 4.69) is 20.8 Å². The first-order valence-electron chi connectivity index (χ1n) is 11.9. The highest BCUT2D eigenvalue weighted by molar-refractivity contribution is 6.52. The number of allylic oxidation sites excluding steroid dienone is 1. The molecule has 0 spiro atoms. The summed E-state index contributed by atoms with van der Waals surface area (Å²) in [6, 6.07) is 9.45. The number of fused-ring (bicyclic) bond motifs is 1. The molecule has 0 bridgehead atoms. The first kappa shape index (κ1) is 12.6. The Morgan fingerprint density at radius 2 is 1.76 bits per heavy atom. The molecule has 0 fully saturated rings. The van der Waals surface area contributed by atoms with E-state index in [-0.39, 0.29) is 16.8 Å². The number of rotatable bonds is 4. The maximum atomic E-state index is 12.7. The fraction of sp³-hybridized carbons (Fsp3) is 0.0833. The van der Waals surface area contributed by atoms with Gasteiger partial charge in [-0.1, -0.05) is 48.4 Å². The Balaban J connectivity index is 1.69. The van der Waals surface area contributed by atoms with Crippen LogP contribution >= 0.6 is 0 Å². The minimum atomic E-state index is -0.902. The van der Waals surface area contributed by atoms with Crippen molar-refractivity contribution >= 4 is 34.6 Å². The quantitative estimate of drug-likeness (QED) is 0.433. The molecule has 0 saturated carbocycles. The molecule has 1 N–H and O–H groups in total. The third-order valence-electron chi connectivity index (χ3n) is 4.33. The number of hydrogen-bond donors (Lipinski definition) is 1. The average molecular weight is 386 g/mol. The van der Waals surface area contributed by atoms with Gasteiger partial charge in [-0.2, -0.15) is 15.3 Å². The van der Waals surface area contributed by atoms with Crippen LogP contribution in [-0.4, -0.2) is 11.5 Å². The minimum Gasteiger partial charge on any atom is -0.287 e. The van der Waals surface area contributed by atoms with Gasteiger partial charge in [-0.25, -0.2) is 0 Å². The van der Waals surface area contributed by atoms with Crippen molar-refractivity contribution < 1.29 is 13.0 Å². The van der Waals surface area contributed by atoms with Gasteiger partial charge in [0.25, 0.3) is 0 Å². The molecule has 5 heteroatoms. The van der Waals surface area contributed by atoms with Gasteiger partial charge in [0.1, 0.15) is 5.71 Å². The number of nitrogens with one attached hydrogen (secondary N) is 1. The lowest BCUT2D eigenvalue weighted by Crippen LogP contribution is -2.19. The number of nitrogens with zero attached hydrogens (tertiary/aromatic N) is 3. The summed E-state index contributed by atoms with van der Waals surface area (Å²) in [5, 5.41) is 12.6. The van der Waals surface area contributed by atoms with Gasteiger partial charge >= 0.3 is 0 Å². The van der Waals surface area contributed by atoms with Gasteiger partial charge in [-0.3, -0.25) is 10.2 Å². The van der Waals surface area contributed by atoms with Crippen molar-refractivity contribution in [2.24, 2.45) is 15.3 Å². The summed E-state index contributed by atoms with van der Waals surface area (Å²) in [6.07, 6.45) is 0. The minimum absolute atomic E-state index is 0.198. The van der Waals surface area contributed by atoms with Crippen molar-refractivity contribution in [1.82, 2.24) is 0 Å². The SMILES string of the molecule is [2H]C1=C([2H])c2c([2H])c([2H])c([2H])c([2H])c2C(=NNc2ccc(N=Nc3ccccc3C)cc2C)C1=O. The fourth-order valence-corrected chi connectivity index (χ4v) is 2.72. The third kappa shape index (κ3) is 4.04. The molecule has 0 radical (unpaired) electrons. The Kier molecular flexibility index (Phi) is 3.48. The molecule has 3 aromatic carbocycles. The smallest absolute Gasteiger partial charge is 0.206 e. The second kappa shape index (κ2) is 8.02. The van der Waals surface area contributed by atoms with Gasteiger partial charge in [0.15, 0.2) is 0 Å². The molecule has 0 aliphatic heterocycles. The van der Waals surface area contributed by atoms with E-state index in [0.717, 1.165) is 16.8 Å². The molecule has 0 heterocycles. The molecule has 29 heavy (non-hydrogen) atoms. The fourth-order valence-electron chi connectivity index (χ4n) is 2.72. The zero-order chi connectivity index (χ0) is 25.4. The average Bonchev–Trinajstić information content (AvgIpc) is 2.84. The molecule has 3 aromatic rings. The molecule has 1 aliphatic rings. The highest BCUT2D eigenvalue weighted by Crippen LogP contribution is 2.26. The molecule has 0 aromatic heterocycles. The molecule has 1 aliphatic carbocycles. The monoisotopic (exact) mass is 386 g/mol. The van der Waals surface area contributed by atoms with E-state index in [1.165, 1.54) is 0 Å². The van der Waals surface area contributed by atoms with Crippen LogP contribution in [0.25, 0.3) is 6.05 Å². The molecule has 0 amide bonds. The van der Waals surface area contributed by atoms with E-state index in [9.17, 15) is 4.79 Å². The maximum Gasteiger partial charge on any atom is 0.206 e. The number of carbonyl (C=O) groups is 1. The van der Waals surface area contributed by atoms with Crippen LogP contribution in [0, 0.1) is 13.8 Å². The van der Waals surface area contributed by atoms with Gasteiger partial charge in [-0.15, -0.1) is 0 Å². The number of carbonyl (C=O) groups excluding carboxylic acids is 1. The molecular formula is C24H20N4O. The number of azo groups is 1. The van der Waals surface area contributed by atoms with Gasteiger partial charge in [0.2, 0.25) is 5.78 Å². The Morgan fingerprint density at radius 1 is 0.931 bits per heavy atom. The standard InChI is InChI=1S/C24H20N4O/c1-16-7-3-6-10-21(16)26-25-19-12-13-22(17(2)15-19)27-28-24-20-9-5-4-8-18(20)11-14-23(24)29/h3-15,27H,1-2H3/i4D,5D,8D,9D,11D,14D. The Morgan fingerprint density at radius 3 is 2.59 bits per heavy atom. The summed E-state index contributed by atoms with van der Waals surface area (Å²) < 4.78 is 48.2. The third-order valence-corrected chi connectivity index (χ3v) is 4.33. The van der Waals surface area contributed by atoms with Gasteiger partial charge < -0.3 is 0 Å². The molecule has 5 nitrogen and oxygen atoms in total. The van der Waals surface area contributed by atoms with Crippen LogP contribution in [0.5, 0.6) is 0 Å². The van der Waals surface area contributed by atoms with E-state index in [0.29, 0.717) is 11.4 Å². The lowest BCUT2D eigenvalue weighted by atomic mass is 9.95. The van der Waals surface area contributed by atoms with Crippen molar-refractivity contribution in [3.63, 3.8) is 0 Å². The largest absolute Gasteiger partial charge is 0.287 e. The van der Waals surface area contributed by atoms with Crippen molar-refractivity contribution in [1.29, 1.82) is 0 Å². The van der Waals surface area contributed by atoms with E-state index in [4.69, 9.17) is 8.22 Å². The normalized spacial score (nSPS) is 18.0. The predicted molar refractivity (Wildman–Crippen MR) is 117 cm³/mol. The van der Waals surface area contributed by atoms with E-state index >= 15 is 0 Å². The Bertz CT molecular complexity index is 1480. The number of anilines is 1. The van der Waals surface area contributed by atoms with E-state index in [1.807, 2.05) is 31.2 Å². The first-order chi connectivity index (χ1) is 16.6. The van der Waals surface area contributed by atoms with Crippen LogP contribution in [-0.2, 0) is 4.79 Å². The molecule has 4 rings (SSSR count). The van der Waals surface area contributed by atoms with Crippen LogP contribution in [0.15, 0.2) is 88.0 Å². The Labute approximate surface area is 177 Å². The second-order valence-corrected chi connectivity index (χ2v) is 6.39. The van der Waals surface area contributed by atoms with Gasteiger partial charge in [0, 0.05) is 5.56 Å². The van der Waals surface area contributed by atoms with Crippen LogP contribution in [0.4, 0.5) is 17.1 Å². The lowest BCUT2D eigenvalue weighted by Gasteiger charge is -2.13. The van der Waals surface area contributed by atoms with Crippen LogP contribution in [0.3, 0.4) is 0 Å². The Hall–Kier alpha value is -3.86. The molecule has 0 atom stereocenters. The van der Waals surface area contributed by atoms with Crippen molar-refractivity contribution in [3.05, 3.63) is 94.9 Å². The highest BCUT2D eigenvalue weighted by atomic mass is 16.1. The van der Waals surface area contributed by atoms with Crippen molar-refractivity contribution in [2.45, 2.75) is 13.8 Å². The maximum absolute atomic E-state index is 12.7. The predicted octanol–water partition coefficient (Wildman–Crippen LogP) is 6.13. The summed E-state index contributed by atoms with van der Waals surface area (Å²) in [4.78, 5) is 12.7.